The third-order valence-electron chi connectivity index (χ3n) is 5.51. The van der Waals surface area contributed by atoms with E-state index in [1.807, 2.05) is 6.07 Å². The van der Waals surface area contributed by atoms with Crippen LogP contribution in [-0.4, -0.2) is 42.6 Å². The molecule has 2 aliphatic carbocycles. The van der Waals surface area contributed by atoms with E-state index in [2.05, 4.69) is 54.0 Å². The van der Waals surface area contributed by atoms with E-state index in [0.29, 0.717) is 17.7 Å². The summed E-state index contributed by atoms with van der Waals surface area (Å²) in [6, 6.07) is 4.03. The Morgan fingerprint density at radius 3 is 2.50 bits per heavy atom. The van der Waals surface area contributed by atoms with Crippen molar-refractivity contribution in [1.29, 1.82) is 0 Å². The average molecular weight is 458 g/mol. The first kappa shape index (κ1) is 22.1. The maximum atomic E-state index is 12.8. The number of thiol groups is 1. The van der Waals surface area contributed by atoms with Crippen molar-refractivity contribution in [3.8, 4) is 0 Å². The number of aromatic nitrogens is 5. The summed E-state index contributed by atoms with van der Waals surface area (Å²) in [7, 11) is 0. The van der Waals surface area contributed by atoms with Crippen LogP contribution < -0.4 is 26.6 Å². The molecule has 0 spiro atoms. The van der Waals surface area contributed by atoms with E-state index in [1.165, 1.54) is 37.9 Å². The predicted molar refractivity (Wildman–Crippen MR) is 126 cm³/mol. The third-order valence-corrected chi connectivity index (χ3v) is 5.51. The van der Waals surface area contributed by atoms with Crippen LogP contribution in [0.5, 0.6) is 0 Å². The minimum absolute atomic E-state index is 0.173. The Morgan fingerprint density at radius 1 is 1.03 bits per heavy atom. The number of aromatic amines is 1. The van der Waals surface area contributed by atoms with Crippen molar-refractivity contribution < 1.29 is 4.79 Å². The van der Waals surface area contributed by atoms with Gasteiger partial charge >= 0.3 is 0 Å². The molecule has 3 heterocycles. The molecule has 3 aromatic rings. The number of carbonyl (C=O) groups is 1. The van der Waals surface area contributed by atoms with Crippen molar-refractivity contribution >= 4 is 41.7 Å². The van der Waals surface area contributed by atoms with Crippen molar-refractivity contribution in [1.82, 2.24) is 24.6 Å². The lowest BCUT2D eigenvalue weighted by Crippen LogP contribution is -2.24. The van der Waals surface area contributed by atoms with Crippen LogP contribution >= 0.6 is 12.8 Å². The molecule has 32 heavy (non-hydrogen) atoms. The second-order valence-electron chi connectivity index (χ2n) is 7.97. The molecule has 0 aromatic carbocycles. The summed E-state index contributed by atoms with van der Waals surface area (Å²) < 4.78 is 1.55. The zero-order valence-corrected chi connectivity index (χ0v) is 18.4. The summed E-state index contributed by atoms with van der Waals surface area (Å²) in [5.74, 6) is 0.464. The Hall–Kier alpha value is -3.12. The lowest BCUT2D eigenvalue weighted by atomic mass is 9.95. The molecule has 0 unspecified atom stereocenters. The molecule has 0 atom stereocenters. The van der Waals surface area contributed by atoms with Crippen LogP contribution in [0.2, 0.25) is 0 Å². The standard InChI is InChI=1S/C20H24N8O2.H3NS/c29-18-9-16(22-11-23-18)26-20(30)15-10-21-19-14(24-13-6-7-13)8-17(27-28(15)19)25-12-4-2-1-3-5-12;1-2/h8-13,24H,1-7H2,(H,25,27)(H2,22,23,26,29,30);2H,1H2. The van der Waals surface area contributed by atoms with E-state index in [0.717, 1.165) is 37.2 Å². The Bertz CT molecular complexity index is 1140. The van der Waals surface area contributed by atoms with Crippen molar-refractivity contribution in [3.63, 3.8) is 0 Å². The number of fused-ring (bicyclic) bond motifs is 1. The molecule has 5 rings (SSSR count). The first-order chi connectivity index (χ1) is 15.7. The van der Waals surface area contributed by atoms with Crippen molar-refractivity contribution in [2.75, 3.05) is 16.0 Å². The predicted octanol–water partition coefficient (Wildman–Crippen LogP) is 2.17. The Kier molecular flexibility index (Phi) is 6.90. The molecule has 6 N–H and O–H groups in total. The number of hydrogen-bond donors (Lipinski definition) is 6. The first-order valence-corrected chi connectivity index (χ1v) is 11.2. The number of nitrogens with one attached hydrogen (secondary N) is 4. The molecule has 0 saturated heterocycles. The smallest absolute Gasteiger partial charge is 0.277 e. The fourth-order valence-electron chi connectivity index (χ4n) is 3.82. The van der Waals surface area contributed by atoms with Crippen LogP contribution in [0.25, 0.3) is 5.65 Å². The molecule has 0 radical (unpaired) electrons. The van der Waals surface area contributed by atoms with E-state index < -0.39 is 5.91 Å². The van der Waals surface area contributed by atoms with Gasteiger partial charge in [-0.05, 0) is 25.7 Å². The van der Waals surface area contributed by atoms with Crippen molar-refractivity contribution in [3.05, 3.63) is 40.7 Å². The minimum Gasteiger partial charge on any atom is -0.379 e. The number of nitrogens with zero attached hydrogens (tertiary/aromatic N) is 4. The van der Waals surface area contributed by atoms with Gasteiger partial charge in [0.05, 0.1) is 18.2 Å². The molecular weight excluding hydrogens is 430 g/mol. The molecule has 2 saturated carbocycles. The van der Waals surface area contributed by atoms with E-state index in [4.69, 9.17) is 0 Å². The van der Waals surface area contributed by atoms with Crippen LogP contribution in [0.3, 0.4) is 0 Å². The zero-order valence-electron chi connectivity index (χ0n) is 17.5. The van der Waals surface area contributed by atoms with Gasteiger partial charge in [0.1, 0.15) is 11.6 Å². The van der Waals surface area contributed by atoms with Gasteiger partial charge in [-0.15, -0.1) is 17.9 Å². The van der Waals surface area contributed by atoms with E-state index >= 15 is 0 Å². The minimum atomic E-state index is -0.430. The van der Waals surface area contributed by atoms with E-state index in [-0.39, 0.29) is 17.1 Å². The number of rotatable bonds is 6. The number of amides is 1. The SMILES string of the molecule is NS.O=C(Nc1cc(=O)[nH]cn1)c1cnc2c(NC3CC3)cc(NC3CCCCC3)nn12. The highest BCUT2D eigenvalue weighted by Gasteiger charge is 2.25. The van der Waals surface area contributed by atoms with E-state index in [1.54, 1.807) is 4.52 Å². The average Bonchev–Trinajstić information content (AvgIpc) is 3.51. The molecule has 1 amide bonds. The highest BCUT2D eigenvalue weighted by molar-refractivity contribution is 7.77. The van der Waals surface area contributed by atoms with Gasteiger partial charge in [0.25, 0.3) is 11.5 Å². The Labute approximate surface area is 190 Å². The summed E-state index contributed by atoms with van der Waals surface area (Å²) in [6.45, 7) is 0. The van der Waals surface area contributed by atoms with Crippen LogP contribution in [0.4, 0.5) is 17.3 Å². The highest BCUT2D eigenvalue weighted by atomic mass is 32.1. The van der Waals surface area contributed by atoms with Gasteiger partial charge in [-0.25, -0.2) is 14.5 Å². The fraction of sp³-hybridized carbons (Fsp3) is 0.450. The Balaban J connectivity index is 0.00000119. The summed E-state index contributed by atoms with van der Waals surface area (Å²) >= 11 is 3.03. The fourth-order valence-corrected chi connectivity index (χ4v) is 3.82. The highest BCUT2D eigenvalue weighted by Crippen LogP contribution is 2.29. The molecule has 170 valence electrons. The lowest BCUT2D eigenvalue weighted by Gasteiger charge is -2.23. The number of H-pyrrole nitrogens is 1. The van der Waals surface area contributed by atoms with E-state index in [9.17, 15) is 9.59 Å². The van der Waals surface area contributed by atoms with Crippen molar-refractivity contribution in [2.45, 2.75) is 57.0 Å². The quantitative estimate of drug-likeness (QED) is 0.308. The van der Waals surface area contributed by atoms with Gasteiger partial charge in [0.15, 0.2) is 11.3 Å². The molecule has 0 aliphatic heterocycles. The molecule has 11 nitrogen and oxygen atoms in total. The van der Waals surface area contributed by atoms with Crippen LogP contribution in [0, 0.1) is 0 Å². The summed E-state index contributed by atoms with van der Waals surface area (Å²) in [5, 5.41) is 18.5. The molecule has 2 aliphatic rings. The number of hydrogen-bond acceptors (Lipinski definition) is 9. The largest absolute Gasteiger partial charge is 0.379 e. The van der Waals surface area contributed by atoms with Gasteiger partial charge < -0.3 is 20.9 Å². The molecule has 12 heteroatoms. The monoisotopic (exact) mass is 457 g/mol. The van der Waals surface area contributed by atoms with Crippen LogP contribution in [0.1, 0.15) is 55.4 Å². The Morgan fingerprint density at radius 2 is 1.78 bits per heavy atom. The summed E-state index contributed by atoms with van der Waals surface area (Å²) in [5.41, 5.74) is 1.39. The number of nitrogens with two attached hydrogens (primary N) is 1. The molecule has 2 fully saturated rings. The van der Waals surface area contributed by atoms with Crippen LogP contribution in [-0.2, 0) is 0 Å². The zero-order chi connectivity index (χ0) is 22.5. The summed E-state index contributed by atoms with van der Waals surface area (Å²) in [4.78, 5) is 35.1. The van der Waals surface area contributed by atoms with Gasteiger partial charge in [-0.3, -0.25) is 14.7 Å². The third kappa shape index (κ3) is 5.19. The number of carbonyl (C=O) groups excluding carboxylic acids is 1. The first-order valence-electron chi connectivity index (χ1n) is 10.7. The van der Waals surface area contributed by atoms with Crippen molar-refractivity contribution in [2.24, 2.45) is 5.14 Å². The van der Waals surface area contributed by atoms with Gasteiger partial charge in [0, 0.05) is 24.2 Å². The lowest BCUT2D eigenvalue weighted by molar-refractivity contribution is 0.102. The molecule has 3 aromatic heterocycles. The topological polar surface area (TPSA) is 155 Å². The summed E-state index contributed by atoms with van der Waals surface area (Å²) in [6.07, 6.45) is 10.9. The second kappa shape index (κ2) is 10.0. The van der Waals surface area contributed by atoms with Crippen LogP contribution in [0.15, 0.2) is 29.5 Å². The van der Waals surface area contributed by atoms with Gasteiger partial charge in [0.2, 0.25) is 0 Å². The molecule has 0 bridgehead atoms. The number of imidazole rings is 1. The second-order valence-corrected chi connectivity index (χ2v) is 7.97. The normalized spacial score (nSPS) is 16.2. The van der Waals surface area contributed by atoms with Gasteiger partial charge in [-0.1, -0.05) is 19.3 Å². The van der Waals surface area contributed by atoms with Gasteiger partial charge in [-0.2, -0.15) is 0 Å². The number of anilines is 3. The maximum absolute atomic E-state index is 12.8. The molecular formula is C20H27N9O2S. The maximum Gasteiger partial charge on any atom is 0.277 e.